The van der Waals surface area contributed by atoms with Crippen molar-refractivity contribution in [3.05, 3.63) is 119 Å². The van der Waals surface area contributed by atoms with Crippen molar-refractivity contribution in [3.63, 3.8) is 0 Å². The molecule has 11 heteroatoms. The summed E-state index contributed by atoms with van der Waals surface area (Å²) in [6.45, 7) is 5.89. The van der Waals surface area contributed by atoms with E-state index in [2.05, 4.69) is 9.24 Å². The fourth-order valence-electron chi connectivity index (χ4n) is 4.07. The molecule has 9 nitrogen and oxygen atoms in total. The molecule has 0 saturated carbocycles. The predicted molar refractivity (Wildman–Crippen MR) is 164 cm³/mol. The number of aryl methyl sites for hydroxylation is 1. The van der Waals surface area contributed by atoms with E-state index in [0.29, 0.717) is 17.2 Å². The van der Waals surface area contributed by atoms with Crippen LogP contribution in [0.4, 0.5) is 0 Å². The van der Waals surface area contributed by atoms with Crippen LogP contribution in [0.25, 0.3) is 0 Å². The number of hydrogen-bond donors (Lipinski definition) is 1. The SMILES string of the molecule is CC(=O)Oc1ccc(C(P)(c2ccc(OC(C)=O)cc2)c2ccc(OC(C)=O)cc2)cc1.Cc1ccc(S(=O)(=O)O)cc1. The van der Waals surface area contributed by atoms with Crippen molar-refractivity contribution in [3.8, 4) is 17.2 Å². The molecule has 0 fully saturated rings. The van der Waals surface area contributed by atoms with Gasteiger partial charge in [-0.3, -0.25) is 18.9 Å². The van der Waals surface area contributed by atoms with Gasteiger partial charge in [-0.1, -0.05) is 54.1 Å². The fraction of sp³-hybridized carbons (Fsp3) is 0.156. The van der Waals surface area contributed by atoms with Gasteiger partial charge >= 0.3 is 17.9 Å². The zero-order valence-corrected chi connectivity index (χ0v) is 25.9. The highest BCUT2D eigenvalue weighted by molar-refractivity contribution is 7.85. The van der Waals surface area contributed by atoms with Gasteiger partial charge in [0, 0.05) is 20.8 Å². The van der Waals surface area contributed by atoms with Crippen molar-refractivity contribution < 1.29 is 41.6 Å². The first kappa shape index (κ1) is 33.1. The Bertz CT molecular complexity index is 1540. The molecule has 0 radical (unpaired) electrons. The summed E-state index contributed by atoms with van der Waals surface area (Å²) in [6.07, 6.45) is 0. The average Bonchev–Trinajstić information content (AvgIpc) is 2.93. The van der Waals surface area contributed by atoms with Gasteiger partial charge < -0.3 is 14.2 Å². The molecule has 4 rings (SSSR count). The van der Waals surface area contributed by atoms with Crippen molar-refractivity contribution in [1.82, 2.24) is 0 Å². The lowest BCUT2D eigenvalue weighted by molar-refractivity contribution is -0.132. The molecule has 4 aromatic carbocycles. The second-order valence-electron chi connectivity index (χ2n) is 9.45. The Morgan fingerprint density at radius 3 is 1.09 bits per heavy atom. The Morgan fingerprint density at radius 2 is 0.860 bits per heavy atom. The predicted octanol–water partition coefficient (Wildman–Crippen LogP) is 5.87. The molecule has 224 valence electrons. The lowest BCUT2D eigenvalue weighted by Gasteiger charge is -2.32. The van der Waals surface area contributed by atoms with E-state index >= 15 is 0 Å². The summed E-state index contributed by atoms with van der Waals surface area (Å²) in [4.78, 5) is 33.7. The Morgan fingerprint density at radius 1 is 0.581 bits per heavy atom. The van der Waals surface area contributed by atoms with Gasteiger partial charge in [0.2, 0.25) is 0 Å². The highest BCUT2D eigenvalue weighted by atomic mass is 32.2. The van der Waals surface area contributed by atoms with Crippen molar-refractivity contribution in [2.75, 3.05) is 0 Å². The van der Waals surface area contributed by atoms with Crippen molar-refractivity contribution in [2.24, 2.45) is 0 Å². The first-order valence-electron chi connectivity index (χ1n) is 12.9. The van der Waals surface area contributed by atoms with E-state index in [1.165, 1.54) is 32.9 Å². The maximum Gasteiger partial charge on any atom is 0.308 e. The molecule has 43 heavy (non-hydrogen) atoms. The molecule has 1 unspecified atom stereocenters. The molecule has 0 bridgehead atoms. The van der Waals surface area contributed by atoms with Gasteiger partial charge in [-0.05, 0) is 72.1 Å². The van der Waals surface area contributed by atoms with E-state index in [1.54, 1.807) is 48.5 Å². The first-order chi connectivity index (χ1) is 20.2. The van der Waals surface area contributed by atoms with E-state index in [0.717, 1.165) is 22.3 Å². The second kappa shape index (κ2) is 14.2. The van der Waals surface area contributed by atoms with Crippen LogP contribution >= 0.6 is 9.24 Å². The third-order valence-corrected chi connectivity index (χ3v) is 7.90. The quantitative estimate of drug-likeness (QED) is 0.0883. The number of ether oxygens (including phenoxy) is 3. The van der Waals surface area contributed by atoms with E-state index in [-0.39, 0.29) is 4.90 Å². The molecule has 0 aliphatic heterocycles. The zero-order valence-electron chi connectivity index (χ0n) is 23.9. The van der Waals surface area contributed by atoms with Crippen LogP contribution in [0, 0.1) is 6.92 Å². The van der Waals surface area contributed by atoms with Crippen molar-refractivity contribution in [1.29, 1.82) is 0 Å². The van der Waals surface area contributed by atoms with Gasteiger partial charge in [0.15, 0.2) is 0 Å². The topological polar surface area (TPSA) is 133 Å². The van der Waals surface area contributed by atoms with Gasteiger partial charge in [-0.2, -0.15) is 8.42 Å². The van der Waals surface area contributed by atoms with Crippen LogP contribution in [0.15, 0.2) is 102 Å². The third kappa shape index (κ3) is 9.31. The molecule has 0 saturated heterocycles. The molecule has 0 spiro atoms. The van der Waals surface area contributed by atoms with Crippen LogP contribution in [0.3, 0.4) is 0 Å². The largest absolute Gasteiger partial charge is 0.427 e. The molecule has 0 aromatic heterocycles. The summed E-state index contributed by atoms with van der Waals surface area (Å²) in [5.41, 5.74) is 3.70. The van der Waals surface area contributed by atoms with Crippen LogP contribution in [-0.2, 0) is 29.7 Å². The number of hydrogen-bond acceptors (Lipinski definition) is 8. The first-order valence-corrected chi connectivity index (χ1v) is 14.9. The van der Waals surface area contributed by atoms with Crippen molar-refractivity contribution in [2.45, 2.75) is 37.7 Å². The minimum Gasteiger partial charge on any atom is -0.427 e. The van der Waals surface area contributed by atoms with Gasteiger partial charge in [0.1, 0.15) is 17.2 Å². The molecular formula is C32H31O9PS. The van der Waals surface area contributed by atoms with Crippen LogP contribution in [0.1, 0.15) is 43.0 Å². The number of benzene rings is 4. The van der Waals surface area contributed by atoms with E-state index in [9.17, 15) is 22.8 Å². The number of carbonyl (C=O) groups is 3. The molecular weight excluding hydrogens is 591 g/mol. The second-order valence-corrected chi connectivity index (χ2v) is 11.7. The monoisotopic (exact) mass is 622 g/mol. The van der Waals surface area contributed by atoms with E-state index in [4.69, 9.17) is 18.8 Å². The van der Waals surface area contributed by atoms with Gasteiger partial charge in [0.05, 0.1) is 10.1 Å². The smallest absolute Gasteiger partial charge is 0.308 e. The third-order valence-electron chi connectivity index (χ3n) is 6.03. The van der Waals surface area contributed by atoms with Crippen LogP contribution < -0.4 is 14.2 Å². The van der Waals surface area contributed by atoms with Crippen molar-refractivity contribution >= 4 is 37.3 Å². The number of esters is 3. The van der Waals surface area contributed by atoms with Gasteiger partial charge in [-0.25, -0.2) is 0 Å². The highest BCUT2D eigenvalue weighted by Crippen LogP contribution is 2.46. The van der Waals surface area contributed by atoms with Crippen LogP contribution in [0.5, 0.6) is 17.2 Å². The van der Waals surface area contributed by atoms with Gasteiger partial charge in [0.25, 0.3) is 10.1 Å². The zero-order chi connectivity index (χ0) is 31.8. The van der Waals surface area contributed by atoms with Gasteiger partial charge in [-0.15, -0.1) is 9.24 Å². The molecule has 0 aliphatic rings. The summed E-state index contributed by atoms with van der Waals surface area (Å²) >= 11 is 0. The summed E-state index contributed by atoms with van der Waals surface area (Å²) < 4.78 is 45.0. The lowest BCUT2D eigenvalue weighted by Crippen LogP contribution is -2.21. The maximum absolute atomic E-state index is 11.3. The molecule has 0 heterocycles. The Balaban J connectivity index is 0.000000386. The molecule has 0 amide bonds. The Hall–Kier alpha value is -4.37. The molecule has 1 atom stereocenters. The van der Waals surface area contributed by atoms with E-state index in [1.807, 2.05) is 43.3 Å². The van der Waals surface area contributed by atoms with Crippen LogP contribution in [-0.4, -0.2) is 30.9 Å². The van der Waals surface area contributed by atoms with Crippen LogP contribution in [0.2, 0.25) is 0 Å². The number of rotatable bonds is 7. The molecule has 0 aliphatic carbocycles. The maximum atomic E-state index is 11.3. The molecule has 1 N–H and O–H groups in total. The minimum atomic E-state index is -4.02. The number of carbonyl (C=O) groups excluding carboxylic acids is 3. The Labute approximate surface area is 252 Å². The normalized spacial score (nSPS) is 11.0. The summed E-state index contributed by atoms with van der Waals surface area (Å²) in [5.74, 6) is 0.169. The average molecular weight is 623 g/mol. The Kier molecular flexibility index (Phi) is 10.9. The lowest BCUT2D eigenvalue weighted by atomic mass is 9.84. The summed E-state index contributed by atoms with van der Waals surface area (Å²) in [7, 11) is -1.13. The fourth-order valence-corrected chi connectivity index (χ4v) is 5.12. The molecule has 4 aromatic rings. The van der Waals surface area contributed by atoms with E-state index < -0.39 is 33.2 Å². The highest BCUT2D eigenvalue weighted by Gasteiger charge is 2.32. The standard InChI is InChI=1S/C25H23O6P.C7H8O3S/c1-16(26)29-22-10-4-19(5-11-22)25(32,20-6-12-23(13-7-20)30-17(2)27)21-8-14-24(15-9-21)31-18(3)28;1-6-2-4-7(5-3-6)11(8,9)10/h4-15H,32H2,1-3H3;2-5H,1H3,(H,8,9,10). The summed E-state index contributed by atoms with van der Waals surface area (Å²) in [5, 5.41) is -0.682. The minimum absolute atomic E-state index is 0.0666. The summed E-state index contributed by atoms with van der Waals surface area (Å²) in [6, 6.07) is 27.7.